The first-order chi connectivity index (χ1) is 14.3. The van der Waals surface area contributed by atoms with E-state index in [4.69, 9.17) is 21.7 Å². The van der Waals surface area contributed by atoms with Crippen LogP contribution in [0.4, 0.5) is 4.39 Å². The van der Waals surface area contributed by atoms with E-state index in [1.54, 1.807) is 43.0 Å². The second kappa shape index (κ2) is 8.28. The minimum absolute atomic E-state index is 0.179. The molecular weight excluding hydrogens is 409 g/mol. The number of hydrogen-bond acceptors (Lipinski definition) is 6. The second-order valence-corrected chi connectivity index (χ2v) is 8.03. The van der Waals surface area contributed by atoms with Crippen LogP contribution in [0.1, 0.15) is 33.5 Å². The molecule has 1 aromatic carbocycles. The van der Waals surface area contributed by atoms with Gasteiger partial charge in [-0.25, -0.2) is 14.4 Å². The van der Waals surface area contributed by atoms with Crippen molar-refractivity contribution in [2.24, 2.45) is 0 Å². The van der Waals surface area contributed by atoms with Gasteiger partial charge in [0.15, 0.2) is 6.17 Å². The predicted octanol–water partition coefficient (Wildman–Crippen LogP) is 2.69. The summed E-state index contributed by atoms with van der Waals surface area (Å²) in [6.45, 7) is 4.71. The number of carbonyl (C=O) groups excluding carboxylic acids is 1. The number of likely N-dealkylation sites (tertiary alicyclic amines) is 1. The summed E-state index contributed by atoms with van der Waals surface area (Å²) in [7, 11) is 0. The Morgan fingerprint density at radius 3 is 2.63 bits per heavy atom. The Morgan fingerprint density at radius 2 is 1.97 bits per heavy atom. The number of alkyl halides is 1. The summed E-state index contributed by atoms with van der Waals surface area (Å²) in [5, 5.41) is 11.8. The highest BCUT2D eigenvalue weighted by molar-refractivity contribution is 6.31. The van der Waals surface area contributed by atoms with Gasteiger partial charge in [-0.15, -0.1) is 0 Å². The van der Waals surface area contributed by atoms with Crippen LogP contribution in [-0.2, 0) is 0 Å². The SMILES string of the molecule is Cc1nc(C2CN(C(=O)c3ccccc3OC3CNCC3F)CC2=N)nc(C)c1Cl. The van der Waals surface area contributed by atoms with Crippen LogP contribution in [0.2, 0.25) is 5.02 Å². The van der Waals surface area contributed by atoms with Gasteiger partial charge in [-0.1, -0.05) is 23.7 Å². The molecule has 7 nitrogen and oxygen atoms in total. The summed E-state index contributed by atoms with van der Waals surface area (Å²) >= 11 is 6.16. The zero-order chi connectivity index (χ0) is 21.4. The average Bonchev–Trinajstić information content (AvgIpc) is 3.31. The molecule has 0 spiro atoms. The Hall–Kier alpha value is -2.58. The van der Waals surface area contributed by atoms with Crippen LogP contribution in [0.25, 0.3) is 0 Å². The van der Waals surface area contributed by atoms with Gasteiger partial charge in [0.1, 0.15) is 17.7 Å². The molecule has 3 unspecified atom stereocenters. The molecule has 2 saturated heterocycles. The highest BCUT2D eigenvalue weighted by atomic mass is 35.5. The Bertz CT molecular complexity index is 978. The first-order valence-corrected chi connectivity index (χ1v) is 10.2. The number of nitrogens with one attached hydrogen (secondary N) is 2. The van der Waals surface area contributed by atoms with Gasteiger partial charge in [0.25, 0.3) is 5.91 Å². The Balaban J connectivity index is 1.55. The lowest BCUT2D eigenvalue weighted by Gasteiger charge is -2.20. The van der Waals surface area contributed by atoms with E-state index in [0.717, 1.165) is 0 Å². The van der Waals surface area contributed by atoms with Gasteiger partial charge in [-0.2, -0.15) is 0 Å². The van der Waals surface area contributed by atoms with E-state index < -0.39 is 12.3 Å². The topological polar surface area (TPSA) is 91.2 Å². The molecule has 158 valence electrons. The number of hydrogen-bond donors (Lipinski definition) is 2. The normalized spacial score (nSPS) is 23.8. The largest absolute Gasteiger partial charge is 0.485 e. The number of halogens is 2. The molecule has 2 aromatic rings. The molecule has 9 heteroatoms. The Morgan fingerprint density at radius 1 is 1.27 bits per heavy atom. The zero-order valence-corrected chi connectivity index (χ0v) is 17.5. The minimum Gasteiger partial charge on any atom is -0.485 e. The molecule has 4 rings (SSSR count). The number of benzene rings is 1. The van der Waals surface area contributed by atoms with Crippen LogP contribution in [0, 0.1) is 19.3 Å². The van der Waals surface area contributed by atoms with E-state index in [2.05, 4.69) is 15.3 Å². The quantitative estimate of drug-likeness (QED) is 0.776. The Labute approximate surface area is 179 Å². The van der Waals surface area contributed by atoms with Crippen LogP contribution < -0.4 is 10.1 Å². The van der Waals surface area contributed by atoms with Crippen molar-refractivity contribution in [2.75, 3.05) is 26.2 Å². The standard InChI is InChI=1S/C21H23ClFN5O2/c1-11-19(22)12(2)27-20(26-11)14-9-28(10-16(14)24)21(29)13-5-3-4-6-17(13)30-18-8-25-7-15(18)23/h3-6,14-15,18,24-25H,7-10H2,1-2H3. The van der Waals surface area contributed by atoms with Crippen LogP contribution in [0.5, 0.6) is 5.75 Å². The van der Waals surface area contributed by atoms with E-state index in [0.29, 0.717) is 52.3 Å². The highest BCUT2D eigenvalue weighted by Gasteiger charge is 2.36. The molecule has 2 fully saturated rings. The summed E-state index contributed by atoms with van der Waals surface area (Å²) in [6, 6.07) is 6.83. The molecule has 2 aliphatic rings. The van der Waals surface area contributed by atoms with Crippen molar-refractivity contribution in [1.82, 2.24) is 20.2 Å². The Kier molecular flexibility index (Phi) is 5.71. The number of aryl methyl sites for hydroxylation is 2. The fourth-order valence-corrected chi connectivity index (χ4v) is 3.89. The van der Waals surface area contributed by atoms with E-state index >= 15 is 0 Å². The molecular formula is C21H23ClFN5O2. The molecule has 2 N–H and O–H groups in total. The van der Waals surface area contributed by atoms with Gasteiger partial charge >= 0.3 is 0 Å². The number of nitrogens with zero attached hydrogens (tertiary/aromatic N) is 3. The van der Waals surface area contributed by atoms with Crippen LogP contribution >= 0.6 is 11.6 Å². The lowest BCUT2D eigenvalue weighted by molar-refractivity contribution is 0.0782. The lowest BCUT2D eigenvalue weighted by atomic mass is 10.1. The first kappa shape index (κ1) is 20.7. The third-order valence-corrected chi connectivity index (χ3v) is 6.01. The van der Waals surface area contributed by atoms with Crippen LogP contribution in [0.15, 0.2) is 24.3 Å². The smallest absolute Gasteiger partial charge is 0.257 e. The van der Waals surface area contributed by atoms with E-state index in [1.807, 2.05) is 0 Å². The molecule has 1 amide bonds. The summed E-state index contributed by atoms with van der Waals surface area (Å²) < 4.78 is 19.8. The van der Waals surface area contributed by atoms with Crippen molar-refractivity contribution in [2.45, 2.75) is 32.0 Å². The summed E-state index contributed by atoms with van der Waals surface area (Å²) in [5.74, 6) is 0.201. The van der Waals surface area contributed by atoms with Crippen molar-refractivity contribution in [3.05, 3.63) is 52.1 Å². The summed E-state index contributed by atoms with van der Waals surface area (Å²) in [4.78, 5) is 23.7. The van der Waals surface area contributed by atoms with Gasteiger partial charge < -0.3 is 20.4 Å². The van der Waals surface area contributed by atoms with Gasteiger partial charge in [0, 0.05) is 25.3 Å². The average molecular weight is 432 g/mol. The zero-order valence-electron chi connectivity index (χ0n) is 16.8. The van der Waals surface area contributed by atoms with Crippen molar-refractivity contribution in [3.63, 3.8) is 0 Å². The van der Waals surface area contributed by atoms with Gasteiger partial charge in [-0.3, -0.25) is 4.79 Å². The molecule has 0 bridgehead atoms. The number of rotatable bonds is 4. The van der Waals surface area contributed by atoms with Crippen molar-refractivity contribution in [1.29, 1.82) is 5.41 Å². The second-order valence-electron chi connectivity index (χ2n) is 7.66. The summed E-state index contributed by atoms with van der Waals surface area (Å²) in [6.07, 6.45) is -1.75. The maximum atomic E-state index is 14.0. The molecule has 30 heavy (non-hydrogen) atoms. The number of para-hydroxylation sites is 1. The fraction of sp³-hybridized carbons (Fsp3) is 0.429. The molecule has 0 radical (unpaired) electrons. The van der Waals surface area contributed by atoms with Gasteiger partial charge in [0.2, 0.25) is 0 Å². The number of amides is 1. The van der Waals surface area contributed by atoms with Crippen molar-refractivity contribution >= 4 is 23.2 Å². The maximum absolute atomic E-state index is 14.0. The van der Waals surface area contributed by atoms with E-state index in [1.165, 1.54) is 0 Å². The minimum atomic E-state index is -1.12. The number of ether oxygens (including phenoxy) is 1. The van der Waals surface area contributed by atoms with Gasteiger partial charge in [-0.05, 0) is 26.0 Å². The third kappa shape index (κ3) is 3.89. The maximum Gasteiger partial charge on any atom is 0.257 e. The number of aromatic nitrogens is 2. The number of carbonyl (C=O) groups is 1. The lowest BCUT2D eigenvalue weighted by Crippen LogP contribution is -2.31. The third-order valence-electron chi connectivity index (χ3n) is 5.47. The predicted molar refractivity (Wildman–Crippen MR) is 112 cm³/mol. The van der Waals surface area contributed by atoms with E-state index in [-0.39, 0.29) is 24.9 Å². The summed E-state index contributed by atoms with van der Waals surface area (Å²) in [5.41, 5.74) is 2.03. The molecule has 3 heterocycles. The van der Waals surface area contributed by atoms with Crippen molar-refractivity contribution < 1.29 is 13.9 Å². The molecule has 0 aliphatic carbocycles. The van der Waals surface area contributed by atoms with Gasteiger partial charge in [0.05, 0.1) is 34.4 Å². The molecule has 1 aromatic heterocycles. The monoisotopic (exact) mass is 431 g/mol. The molecule has 0 saturated carbocycles. The molecule has 2 aliphatic heterocycles. The van der Waals surface area contributed by atoms with E-state index in [9.17, 15) is 9.18 Å². The fourth-order valence-electron chi connectivity index (χ4n) is 3.81. The molecule has 3 atom stereocenters. The van der Waals surface area contributed by atoms with Crippen LogP contribution in [0.3, 0.4) is 0 Å². The van der Waals surface area contributed by atoms with Crippen LogP contribution in [-0.4, -0.2) is 64.9 Å². The first-order valence-electron chi connectivity index (χ1n) is 9.83. The van der Waals surface area contributed by atoms with Crippen molar-refractivity contribution in [3.8, 4) is 5.75 Å². The highest BCUT2D eigenvalue weighted by Crippen LogP contribution is 2.29.